The molecule has 0 aliphatic rings. The molecule has 5 aromatic rings. The Bertz CT molecular complexity index is 1770. The van der Waals surface area contributed by atoms with E-state index in [-0.39, 0.29) is 39.5 Å². The molecule has 0 fully saturated rings. The van der Waals surface area contributed by atoms with Gasteiger partial charge in [0.05, 0.1) is 39.7 Å². The Morgan fingerprint density at radius 2 is 1.62 bits per heavy atom. The summed E-state index contributed by atoms with van der Waals surface area (Å²) in [5, 5.41) is 22.1. The number of para-hydroxylation sites is 2. The van der Waals surface area contributed by atoms with E-state index in [1.165, 1.54) is 17.9 Å². The quantitative estimate of drug-likeness (QED) is 0.293. The largest absolute Gasteiger partial charge is 0.507 e. The van der Waals surface area contributed by atoms with E-state index < -0.39 is 11.5 Å². The van der Waals surface area contributed by atoms with Gasteiger partial charge in [-0.15, -0.1) is 0 Å². The Hall–Kier alpha value is -4.24. The van der Waals surface area contributed by atoms with E-state index in [0.717, 1.165) is 0 Å². The van der Waals surface area contributed by atoms with Gasteiger partial charge in [0, 0.05) is 12.7 Å². The van der Waals surface area contributed by atoms with Crippen LogP contribution >= 0.6 is 15.9 Å². The molecule has 5 rings (SSSR count). The number of nitrogens with zero attached hydrogens (tertiary/aromatic N) is 2. The predicted octanol–water partition coefficient (Wildman–Crippen LogP) is 4.95. The molecular weight excluding hydrogens is 540 g/mol. The standard InChI is InChI=1S/C28H23BrN2O6/c1-15-22(27(34)31(30(15)2)17-9-5-4-6-10-17)23(16-13-19(29)26(33)21(14-16)36-3)24-25(32)18-11-7-8-12-20(18)37-28(24)35/h4-14,23,32-33H,1-3H3. The molecule has 188 valence electrons. The molecule has 2 heterocycles. The number of ether oxygens (including phenoxy) is 1. The summed E-state index contributed by atoms with van der Waals surface area (Å²) in [5.41, 5.74) is 0.906. The van der Waals surface area contributed by atoms with Crippen molar-refractivity contribution in [2.75, 3.05) is 7.11 Å². The maximum absolute atomic E-state index is 14.0. The number of aromatic hydroxyl groups is 2. The van der Waals surface area contributed by atoms with Gasteiger partial charge in [0.1, 0.15) is 11.3 Å². The van der Waals surface area contributed by atoms with E-state index >= 15 is 0 Å². The smallest absolute Gasteiger partial charge is 0.344 e. The summed E-state index contributed by atoms with van der Waals surface area (Å²) in [4.78, 5) is 27.4. The summed E-state index contributed by atoms with van der Waals surface area (Å²) in [5.74, 6) is -1.33. The van der Waals surface area contributed by atoms with Gasteiger partial charge in [0.15, 0.2) is 11.5 Å². The number of fused-ring (bicyclic) bond motifs is 1. The lowest BCUT2D eigenvalue weighted by Crippen LogP contribution is -2.24. The highest BCUT2D eigenvalue weighted by atomic mass is 79.9. The molecule has 0 saturated heterocycles. The summed E-state index contributed by atoms with van der Waals surface area (Å²) in [6, 6.07) is 18.9. The topological polar surface area (TPSA) is 107 Å². The summed E-state index contributed by atoms with van der Waals surface area (Å²) in [6.07, 6.45) is 0. The lowest BCUT2D eigenvalue weighted by molar-refractivity contribution is 0.371. The zero-order chi connectivity index (χ0) is 26.4. The highest BCUT2D eigenvalue weighted by Gasteiger charge is 2.33. The Kier molecular flexibility index (Phi) is 6.16. The Morgan fingerprint density at radius 1 is 0.946 bits per heavy atom. The van der Waals surface area contributed by atoms with Crippen molar-refractivity contribution in [3.63, 3.8) is 0 Å². The number of phenolic OH excluding ortho intramolecular Hbond substituents is 1. The first-order chi connectivity index (χ1) is 17.7. The van der Waals surface area contributed by atoms with Crippen LogP contribution in [0.5, 0.6) is 17.2 Å². The first kappa shape index (κ1) is 24.5. The molecule has 0 aliphatic heterocycles. The maximum Gasteiger partial charge on any atom is 0.344 e. The van der Waals surface area contributed by atoms with Crippen LogP contribution in [0.4, 0.5) is 0 Å². The highest BCUT2D eigenvalue weighted by Crippen LogP contribution is 2.43. The number of benzene rings is 3. The van der Waals surface area contributed by atoms with Crippen molar-refractivity contribution >= 4 is 26.9 Å². The van der Waals surface area contributed by atoms with Gasteiger partial charge in [-0.05, 0) is 64.8 Å². The average molecular weight is 563 g/mol. The number of rotatable bonds is 5. The van der Waals surface area contributed by atoms with Gasteiger partial charge in [0.25, 0.3) is 5.56 Å². The zero-order valence-electron chi connectivity index (χ0n) is 20.2. The van der Waals surface area contributed by atoms with Crippen LogP contribution in [0.3, 0.4) is 0 Å². The van der Waals surface area contributed by atoms with Gasteiger partial charge in [0.2, 0.25) is 0 Å². The molecule has 0 bridgehead atoms. The Labute approximate surface area is 219 Å². The molecule has 9 heteroatoms. The van der Waals surface area contributed by atoms with Gasteiger partial charge in [-0.2, -0.15) is 0 Å². The third-order valence-electron chi connectivity index (χ3n) is 6.60. The van der Waals surface area contributed by atoms with E-state index in [0.29, 0.717) is 26.8 Å². The third kappa shape index (κ3) is 3.92. The van der Waals surface area contributed by atoms with Crippen molar-refractivity contribution in [2.24, 2.45) is 7.05 Å². The molecule has 0 radical (unpaired) electrons. The third-order valence-corrected chi connectivity index (χ3v) is 7.20. The van der Waals surface area contributed by atoms with Crippen molar-refractivity contribution in [2.45, 2.75) is 12.8 Å². The predicted molar refractivity (Wildman–Crippen MR) is 143 cm³/mol. The normalized spacial score (nSPS) is 12.1. The van der Waals surface area contributed by atoms with Crippen molar-refractivity contribution in [1.29, 1.82) is 0 Å². The molecule has 8 nitrogen and oxygen atoms in total. The minimum atomic E-state index is -1.05. The van der Waals surface area contributed by atoms with E-state index in [1.807, 2.05) is 30.3 Å². The Balaban J connectivity index is 1.91. The highest BCUT2D eigenvalue weighted by molar-refractivity contribution is 9.10. The summed E-state index contributed by atoms with van der Waals surface area (Å²) in [7, 11) is 3.15. The average Bonchev–Trinajstić information content (AvgIpc) is 3.11. The number of methoxy groups -OCH3 is 1. The molecule has 37 heavy (non-hydrogen) atoms. The second-order valence-corrected chi connectivity index (χ2v) is 9.46. The lowest BCUT2D eigenvalue weighted by atomic mass is 9.84. The van der Waals surface area contributed by atoms with Crippen molar-refractivity contribution in [3.8, 4) is 22.9 Å². The number of aromatic nitrogens is 2. The van der Waals surface area contributed by atoms with E-state index in [4.69, 9.17) is 9.15 Å². The molecule has 3 aromatic carbocycles. The Morgan fingerprint density at radius 3 is 2.32 bits per heavy atom. The molecule has 0 saturated carbocycles. The summed E-state index contributed by atoms with van der Waals surface area (Å²) < 4.78 is 14.4. The molecule has 2 N–H and O–H groups in total. The second kappa shape index (κ2) is 9.33. The summed E-state index contributed by atoms with van der Waals surface area (Å²) in [6.45, 7) is 1.77. The van der Waals surface area contributed by atoms with Gasteiger partial charge >= 0.3 is 5.63 Å². The van der Waals surface area contributed by atoms with Gasteiger partial charge in [-0.3, -0.25) is 9.48 Å². The van der Waals surface area contributed by atoms with Crippen LogP contribution in [0.2, 0.25) is 0 Å². The van der Waals surface area contributed by atoms with Crippen molar-refractivity contribution < 1.29 is 19.4 Å². The van der Waals surface area contributed by atoms with Crippen LogP contribution in [0.1, 0.15) is 28.3 Å². The first-order valence-corrected chi connectivity index (χ1v) is 12.2. The van der Waals surface area contributed by atoms with Crippen LogP contribution in [0.15, 0.2) is 85.2 Å². The monoisotopic (exact) mass is 562 g/mol. The van der Waals surface area contributed by atoms with E-state index in [2.05, 4.69) is 15.9 Å². The number of phenols is 1. The van der Waals surface area contributed by atoms with Gasteiger partial charge in [-0.1, -0.05) is 30.3 Å². The van der Waals surface area contributed by atoms with Crippen molar-refractivity contribution in [3.05, 3.63) is 114 Å². The van der Waals surface area contributed by atoms with Crippen LogP contribution < -0.4 is 15.9 Å². The number of hydrogen-bond acceptors (Lipinski definition) is 6. The van der Waals surface area contributed by atoms with Crippen LogP contribution in [0, 0.1) is 6.92 Å². The zero-order valence-corrected chi connectivity index (χ0v) is 21.8. The molecule has 0 spiro atoms. The lowest BCUT2D eigenvalue weighted by Gasteiger charge is -2.20. The van der Waals surface area contributed by atoms with Gasteiger partial charge < -0.3 is 19.4 Å². The molecule has 1 atom stereocenters. The fourth-order valence-electron chi connectivity index (χ4n) is 4.72. The number of halogens is 1. The molecule has 2 aromatic heterocycles. The second-order valence-electron chi connectivity index (χ2n) is 8.61. The van der Waals surface area contributed by atoms with Gasteiger partial charge in [-0.25, -0.2) is 9.48 Å². The maximum atomic E-state index is 14.0. The summed E-state index contributed by atoms with van der Waals surface area (Å²) >= 11 is 3.34. The van der Waals surface area contributed by atoms with Crippen molar-refractivity contribution in [1.82, 2.24) is 9.36 Å². The van der Waals surface area contributed by atoms with Crippen LogP contribution in [-0.4, -0.2) is 26.7 Å². The van der Waals surface area contributed by atoms with Crippen LogP contribution in [-0.2, 0) is 7.05 Å². The fraction of sp³-hybridized carbons (Fsp3) is 0.143. The first-order valence-electron chi connectivity index (χ1n) is 11.4. The molecule has 0 aliphatic carbocycles. The molecular formula is C28H23BrN2O6. The molecule has 1 unspecified atom stereocenters. The molecule has 0 amide bonds. The minimum absolute atomic E-state index is 0.0932. The fourth-order valence-corrected chi connectivity index (χ4v) is 5.18. The minimum Gasteiger partial charge on any atom is -0.507 e. The van der Waals surface area contributed by atoms with E-state index in [9.17, 15) is 19.8 Å². The van der Waals surface area contributed by atoms with Crippen LogP contribution in [0.25, 0.3) is 16.7 Å². The SMILES string of the molecule is COc1cc(C(c2c(O)c3ccccc3oc2=O)c2c(C)n(C)n(-c3ccccc3)c2=O)cc(Br)c1O. The van der Waals surface area contributed by atoms with E-state index in [1.54, 1.807) is 49.0 Å². The number of hydrogen-bond donors (Lipinski definition) is 2.